The average Bonchev–Trinajstić information content (AvgIpc) is 2.60. The predicted octanol–water partition coefficient (Wildman–Crippen LogP) is 3.08. The van der Waals surface area contributed by atoms with Crippen LogP contribution in [0.5, 0.6) is 5.75 Å². The van der Waals surface area contributed by atoms with Gasteiger partial charge < -0.3 is 15.0 Å². The van der Waals surface area contributed by atoms with Crippen molar-refractivity contribution in [2.45, 2.75) is 19.9 Å². The molecule has 0 aromatic heterocycles. The van der Waals surface area contributed by atoms with Crippen molar-refractivity contribution in [2.75, 3.05) is 25.0 Å². The van der Waals surface area contributed by atoms with E-state index in [9.17, 15) is 4.79 Å². The number of anilines is 1. The quantitative estimate of drug-likeness (QED) is 0.923. The summed E-state index contributed by atoms with van der Waals surface area (Å²) >= 11 is 0. The minimum Gasteiger partial charge on any atom is -0.492 e. The molecule has 1 aliphatic heterocycles. The highest BCUT2D eigenvalue weighted by atomic mass is 16.5. The molecule has 3 rings (SSSR count). The van der Waals surface area contributed by atoms with Crippen molar-refractivity contribution in [1.82, 2.24) is 4.90 Å². The Labute approximate surface area is 137 Å². The summed E-state index contributed by atoms with van der Waals surface area (Å²) in [6.07, 6.45) is 0.928. The molecule has 0 radical (unpaired) electrons. The zero-order chi connectivity index (χ0) is 16.1. The molecule has 0 saturated carbocycles. The molecule has 4 heteroatoms. The monoisotopic (exact) mass is 310 g/mol. The van der Waals surface area contributed by atoms with E-state index in [1.807, 2.05) is 42.2 Å². The number of ether oxygens (including phenoxy) is 1. The van der Waals surface area contributed by atoms with Crippen LogP contribution < -0.4 is 10.1 Å². The fourth-order valence-electron chi connectivity index (χ4n) is 2.89. The van der Waals surface area contributed by atoms with Crippen LogP contribution in [0.4, 0.5) is 5.69 Å². The summed E-state index contributed by atoms with van der Waals surface area (Å²) < 4.78 is 5.57. The van der Waals surface area contributed by atoms with Gasteiger partial charge in [-0.2, -0.15) is 0 Å². The van der Waals surface area contributed by atoms with E-state index < -0.39 is 0 Å². The Morgan fingerprint density at radius 2 is 1.87 bits per heavy atom. The molecule has 1 heterocycles. The van der Waals surface area contributed by atoms with Crippen molar-refractivity contribution in [3.05, 3.63) is 59.7 Å². The van der Waals surface area contributed by atoms with Crippen LogP contribution in [0.25, 0.3) is 0 Å². The Balaban J connectivity index is 1.60. The van der Waals surface area contributed by atoms with Crippen LogP contribution in [-0.4, -0.2) is 30.5 Å². The molecule has 0 aliphatic carbocycles. The maximum absolute atomic E-state index is 12.5. The normalized spacial score (nSPS) is 13.3. The highest BCUT2D eigenvalue weighted by molar-refractivity contribution is 5.81. The van der Waals surface area contributed by atoms with Crippen molar-refractivity contribution in [1.29, 1.82) is 0 Å². The number of fused-ring (bicyclic) bond motifs is 1. The lowest BCUT2D eigenvalue weighted by Crippen LogP contribution is -2.39. The van der Waals surface area contributed by atoms with Gasteiger partial charge in [-0.25, -0.2) is 0 Å². The number of nitrogens with one attached hydrogen (secondary N) is 1. The number of carbonyl (C=O) groups excluding carboxylic acids is 1. The largest absolute Gasteiger partial charge is 0.492 e. The highest BCUT2D eigenvalue weighted by Gasteiger charge is 2.20. The van der Waals surface area contributed by atoms with E-state index in [0.29, 0.717) is 13.2 Å². The Hall–Kier alpha value is -2.49. The molecule has 1 N–H and O–H groups in total. The third-order valence-electron chi connectivity index (χ3n) is 4.10. The summed E-state index contributed by atoms with van der Waals surface area (Å²) in [5.41, 5.74) is 3.47. The first-order valence-electron chi connectivity index (χ1n) is 8.08. The number of hydrogen-bond acceptors (Lipinski definition) is 3. The van der Waals surface area contributed by atoms with Gasteiger partial charge in [0.1, 0.15) is 5.75 Å². The minimum absolute atomic E-state index is 0.116. The van der Waals surface area contributed by atoms with Gasteiger partial charge in [-0.3, -0.25) is 4.79 Å². The summed E-state index contributed by atoms with van der Waals surface area (Å²) in [5.74, 6) is 0.901. The minimum atomic E-state index is 0.116. The third kappa shape index (κ3) is 3.65. The summed E-state index contributed by atoms with van der Waals surface area (Å²) in [7, 11) is 0. The van der Waals surface area contributed by atoms with Crippen molar-refractivity contribution in [3.63, 3.8) is 0 Å². The fourth-order valence-corrected chi connectivity index (χ4v) is 2.89. The molecule has 23 heavy (non-hydrogen) atoms. The van der Waals surface area contributed by atoms with Crippen molar-refractivity contribution in [2.24, 2.45) is 0 Å². The van der Waals surface area contributed by atoms with E-state index in [4.69, 9.17) is 4.74 Å². The van der Waals surface area contributed by atoms with Crippen molar-refractivity contribution < 1.29 is 9.53 Å². The van der Waals surface area contributed by atoms with Gasteiger partial charge >= 0.3 is 0 Å². The van der Waals surface area contributed by atoms with E-state index in [1.165, 1.54) is 11.1 Å². The van der Waals surface area contributed by atoms with E-state index in [0.717, 1.165) is 24.4 Å². The number of benzene rings is 2. The average molecular weight is 310 g/mol. The van der Waals surface area contributed by atoms with Gasteiger partial charge in [-0.1, -0.05) is 36.4 Å². The topological polar surface area (TPSA) is 41.6 Å². The van der Waals surface area contributed by atoms with Crippen LogP contribution in [0.15, 0.2) is 48.5 Å². The number of nitrogens with zero attached hydrogens (tertiary/aromatic N) is 1. The zero-order valence-corrected chi connectivity index (χ0v) is 13.4. The van der Waals surface area contributed by atoms with Crippen molar-refractivity contribution >= 4 is 11.6 Å². The summed E-state index contributed by atoms with van der Waals surface area (Å²) in [5, 5.41) is 3.20. The van der Waals surface area contributed by atoms with Gasteiger partial charge in [0, 0.05) is 13.1 Å². The van der Waals surface area contributed by atoms with Gasteiger partial charge in [-0.15, -0.1) is 0 Å². The molecule has 0 bridgehead atoms. The van der Waals surface area contributed by atoms with Gasteiger partial charge in [0.25, 0.3) is 0 Å². The molecule has 120 valence electrons. The van der Waals surface area contributed by atoms with E-state index in [-0.39, 0.29) is 12.5 Å². The molecule has 4 nitrogen and oxygen atoms in total. The second kappa shape index (κ2) is 7.18. The molecule has 0 saturated heterocycles. The van der Waals surface area contributed by atoms with Crippen LogP contribution in [-0.2, 0) is 17.8 Å². The molecule has 2 aromatic carbocycles. The molecule has 0 spiro atoms. The molecular formula is C19H22N2O2. The number of carbonyl (C=O) groups is 1. The Morgan fingerprint density at radius 3 is 2.70 bits per heavy atom. The zero-order valence-electron chi connectivity index (χ0n) is 13.4. The lowest BCUT2D eigenvalue weighted by atomic mass is 10.00. The molecule has 2 aromatic rings. The summed E-state index contributed by atoms with van der Waals surface area (Å²) in [6, 6.07) is 16.1. The number of amides is 1. The van der Waals surface area contributed by atoms with E-state index >= 15 is 0 Å². The van der Waals surface area contributed by atoms with Gasteiger partial charge in [-0.05, 0) is 36.6 Å². The summed E-state index contributed by atoms with van der Waals surface area (Å²) in [6.45, 7) is 4.32. The first kappa shape index (κ1) is 15.4. The molecule has 1 aliphatic rings. The molecule has 1 amide bonds. The predicted molar refractivity (Wildman–Crippen MR) is 91.7 cm³/mol. The third-order valence-corrected chi connectivity index (χ3v) is 4.10. The summed E-state index contributed by atoms with van der Waals surface area (Å²) in [4.78, 5) is 14.4. The second-order valence-corrected chi connectivity index (χ2v) is 5.62. The van der Waals surface area contributed by atoms with E-state index in [2.05, 4.69) is 23.5 Å². The number of para-hydroxylation sites is 2. The lowest BCUT2D eigenvalue weighted by Gasteiger charge is -2.29. The first-order valence-corrected chi connectivity index (χ1v) is 8.08. The lowest BCUT2D eigenvalue weighted by molar-refractivity contribution is -0.130. The Bertz CT molecular complexity index is 685. The van der Waals surface area contributed by atoms with Crippen LogP contribution in [0, 0.1) is 0 Å². The molecule has 0 atom stereocenters. The standard InChI is InChI=1S/C19H22N2O2/c1-2-23-18-10-6-5-9-17(18)20-13-19(22)21-12-11-15-7-3-4-8-16(15)14-21/h3-10,20H,2,11-14H2,1H3. The van der Waals surface area contributed by atoms with Gasteiger partial charge in [0.2, 0.25) is 5.91 Å². The van der Waals surface area contributed by atoms with Crippen LogP contribution >= 0.6 is 0 Å². The van der Waals surface area contributed by atoms with Crippen LogP contribution in [0.3, 0.4) is 0 Å². The smallest absolute Gasteiger partial charge is 0.242 e. The fraction of sp³-hybridized carbons (Fsp3) is 0.316. The first-order chi connectivity index (χ1) is 11.3. The van der Waals surface area contributed by atoms with Gasteiger partial charge in [0.05, 0.1) is 18.8 Å². The number of rotatable bonds is 5. The van der Waals surface area contributed by atoms with Crippen molar-refractivity contribution in [3.8, 4) is 5.75 Å². The SMILES string of the molecule is CCOc1ccccc1NCC(=O)N1CCc2ccccc2C1. The second-order valence-electron chi connectivity index (χ2n) is 5.62. The number of hydrogen-bond donors (Lipinski definition) is 1. The highest BCUT2D eigenvalue weighted by Crippen LogP contribution is 2.24. The Morgan fingerprint density at radius 1 is 1.13 bits per heavy atom. The molecular weight excluding hydrogens is 288 g/mol. The Kier molecular flexibility index (Phi) is 4.81. The van der Waals surface area contributed by atoms with E-state index in [1.54, 1.807) is 0 Å². The molecule has 0 fully saturated rings. The molecule has 0 unspecified atom stereocenters. The van der Waals surface area contributed by atoms with Crippen LogP contribution in [0.1, 0.15) is 18.1 Å². The maximum Gasteiger partial charge on any atom is 0.242 e. The van der Waals surface area contributed by atoms with Crippen LogP contribution in [0.2, 0.25) is 0 Å². The maximum atomic E-state index is 12.5. The van der Waals surface area contributed by atoms with Gasteiger partial charge in [0.15, 0.2) is 0 Å².